The second-order valence-electron chi connectivity index (χ2n) is 7.99. The molecule has 4 atom stereocenters. The summed E-state index contributed by atoms with van der Waals surface area (Å²) in [7, 11) is 0. The first-order chi connectivity index (χ1) is 12.2. The highest BCUT2D eigenvalue weighted by Gasteiger charge is 2.20. The number of unbranched alkanes of at least 4 members (excludes halogenated alkanes) is 6. The van der Waals surface area contributed by atoms with Crippen LogP contribution >= 0.6 is 0 Å². The van der Waals surface area contributed by atoms with Crippen molar-refractivity contribution in [2.75, 3.05) is 6.61 Å². The molecule has 2 nitrogen and oxygen atoms in total. The zero-order valence-electron chi connectivity index (χ0n) is 16.7. The van der Waals surface area contributed by atoms with Gasteiger partial charge in [0.1, 0.15) is 0 Å². The summed E-state index contributed by atoms with van der Waals surface area (Å²) >= 11 is 0. The van der Waals surface area contributed by atoms with E-state index in [0.29, 0.717) is 18.4 Å². The van der Waals surface area contributed by atoms with Crippen LogP contribution < -0.4 is 0 Å². The second kappa shape index (κ2) is 14.6. The molecule has 0 fully saturated rings. The molecule has 1 rings (SSSR count). The third-order valence-electron chi connectivity index (χ3n) is 5.73. The Hall–Kier alpha value is -0.600. The maximum absolute atomic E-state index is 10.3. The van der Waals surface area contributed by atoms with E-state index in [9.17, 15) is 5.11 Å². The van der Waals surface area contributed by atoms with Gasteiger partial charge >= 0.3 is 0 Å². The van der Waals surface area contributed by atoms with Crippen molar-refractivity contribution in [2.45, 2.75) is 97.0 Å². The van der Waals surface area contributed by atoms with Crippen LogP contribution in [0.5, 0.6) is 0 Å². The number of rotatable bonds is 15. The molecule has 0 heterocycles. The van der Waals surface area contributed by atoms with Crippen LogP contribution in [0.1, 0.15) is 90.9 Å². The van der Waals surface area contributed by atoms with E-state index in [1.807, 2.05) is 0 Å². The maximum atomic E-state index is 10.3. The van der Waals surface area contributed by atoms with Crippen LogP contribution in [0.25, 0.3) is 0 Å². The Balaban J connectivity index is 2.18. The predicted octanol–water partition coefficient (Wildman–Crippen LogP) is 6.04. The molecule has 2 N–H and O–H groups in total. The van der Waals surface area contributed by atoms with E-state index in [2.05, 4.69) is 38.2 Å². The quantitative estimate of drug-likeness (QED) is 0.279. The minimum atomic E-state index is -0.189. The normalized spacial score (nSPS) is 22.7. The molecule has 0 radical (unpaired) electrons. The van der Waals surface area contributed by atoms with Crippen LogP contribution in [0.15, 0.2) is 24.3 Å². The van der Waals surface area contributed by atoms with Crippen LogP contribution in [-0.4, -0.2) is 22.9 Å². The van der Waals surface area contributed by atoms with Gasteiger partial charge in [0, 0.05) is 6.61 Å². The highest BCUT2D eigenvalue weighted by molar-refractivity contribution is 5.10. The van der Waals surface area contributed by atoms with Crippen molar-refractivity contribution >= 4 is 0 Å². The molecule has 0 aliphatic heterocycles. The summed E-state index contributed by atoms with van der Waals surface area (Å²) in [6.45, 7) is 4.72. The van der Waals surface area contributed by atoms with Crippen molar-refractivity contribution in [1.82, 2.24) is 0 Å². The Morgan fingerprint density at radius 2 is 1.80 bits per heavy atom. The molecule has 2 unspecified atom stereocenters. The lowest BCUT2D eigenvalue weighted by atomic mass is 9.89. The van der Waals surface area contributed by atoms with Crippen molar-refractivity contribution < 1.29 is 10.2 Å². The lowest BCUT2D eigenvalue weighted by molar-refractivity contribution is 0.113. The zero-order valence-corrected chi connectivity index (χ0v) is 16.7. The summed E-state index contributed by atoms with van der Waals surface area (Å²) in [6.07, 6.45) is 23.3. The summed E-state index contributed by atoms with van der Waals surface area (Å²) in [5.41, 5.74) is 0. The number of allylic oxidation sites excluding steroid dienone is 3. The molecule has 0 aromatic heterocycles. The second-order valence-corrected chi connectivity index (χ2v) is 7.99. The zero-order chi connectivity index (χ0) is 18.3. The minimum absolute atomic E-state index is 0.189. The van der Waals surface area contributed by atoms with Gasteiger partial charge in [0.05, 0.1) is 6.10 Å². The van der Waals surface area contributed by atoms with Crippen molar-refractivity contribution in [3.63, 3.8) is 0 Å². The van der Waals surface area contributed by atoms with Gasteiger partial charge in [0.2, 0.25) is 0 Å². The Morgan fingerprint density at radius 1 is 1.08 bits per heavy atom. The highest BCUT2D eigenvalue weighted by atomic mass is 16.3. The third-order valence-corrected chi connectivity index (χ3v) is 5.73. The standard InChI is InChI=1S/C23H42O2/c1-3-4-13-20(2)23(25)18-12-17-22-16-11-15-21(22)14-9-7-5-6-8-10-19-24/h11-12,16-17,20-25H,3-10,13-15,18-19H2,1-2H3/b17-12+/t20?,21-,22+,23?/m0/s1. The lowest BCUT2D eigenvalue weighted by Crippen LogP contribution is -2.16. The van der Waals surface area contributed by atoms with E-state index in [0.717, 1.165) is 25.2 Å². The van der Waals surface area contributed by atoms with Crippen molar-refractivity contribution in [3.05, 3.63) is 24.3 Å². The van der Waals surface area contributed by atoms with Gasteiger partial charge in [-0.15, -0.1) is 0 Å². The summed E-state index contributed by atoms with van der Waals surface area (Å²) in [5.74, 6) is 1.75. The molecule has 0 bridgehead atoms. The Bertz CT molecular complexity index is 361. The van der Waals surface area contributed by atoms with Crippen LogP contribution in [0.3, 0.4) is 0 Å². The molecule has 1 aliphatic rings. The number of hydrogen-bond acceptors (Lipinski definition) is 2. The summed E-state index contributed by atoms with van der Waals surface area (Å²) < 4.78 is 0. The minimum Gasteiger partial charge on any atom is -0.396 e. The SMILES string of the molecule is CCCCC(C)C(O)C/C=C/[C@H]1C=CC[C@@H]1CCCCCCCCO. The third kappa shape index (κ3) is 10.2. The molecule has 146 valence electrons. The Labute approximate surface area is 156 Å². The van der Waals surface area contributed by atoms with E-state index < -0.39 is 0 Å². The predicted molar refractivity (Wildman–Crippen MR) is 109 cm³/mol. The molecule has 0 saturated heterocycles. The average molecular weight is 351 g/mol. The van der Waals surface area contributed by atoms with E-state index in [1.54, 1.807) is 0 Å². The molecular weight excluding hydrogens is 308 g/mol. The highest BCUT2D eigenvalue weighted by Crippen LogP contribution is 2.31. The number of hydrogen-bond donors (Lipinski definition) is 2. The fraction of sp³-hybridized carbons (Fsp3) is 0.826. The molecule has 0 aromatic carbocycles. The molecule has 1 aliphatic carbocycles. The van der Waals surface area contributed by atoms with Gasteiger partial charge < -0.3 is 10.2 Å². The molecule has 2 heteroatoms. The van der Waals surface area contributed by atoms with Gasteiger partial charge in [-0.05, 0) is 49.9 Å². The average Bonchev–Trinajstić information content (AvgIpc) is 3.06. The van der Waals surface area contributed by atoms with Crippen molar-refractivity contribution in [2.24, 2.45) is 17.8 Å². The van der Waals surface area contributed by atoms with Gasteiger partial charge in [0.25, 0.3) is 0 Å². The molecule has 0 spiro atoms. The van der Waals surface area contributed by atoms with Gasteiger partial charge in [-0.3, -0.25) is 0 Å². The van der Waals surface area contributed by atoms with Gasteiger partial charge in [0.15, 0.2) is 0 Å². The van der Waals surface area contributed by atoms with Crippen molar-refractivity contribution in [3.8, 4) is 0 Å². The largest absolute Gasteiger partial charge is 0.396 e. The molecule has 0 saturated carbocycles. The topological polar surface area (TPSA) is 40.5 Å². The fourth-order valence-electron chi connectivity index (χ4n) is 3.81. The molecule has 0 amide bonds. The first-order valence-corrected chi connectivity index (χ1v) is 10.8. The monoisotopic (exact) mass is 350 g/mol. The lowest BCUT2D eigenvalue weighted by Gasteiger charge is -2.18. The molecule has 0 aromatic rings. The van der Waals surface area contributed by atoms with Crippen molar-refractivity contribution in [1.29, 1.82) is 0 Å². The number of aliphatic hydroxyl groups excluding tert-OH is 2. The van der Waals surface area contributed by atoms with E-state index in [1.165, 1.54) is 57.8 Å². The smallest absolute Gasteiger partial charge is 0.0600 e. The van der Waals surface area contributed by atoms with Crippen LogP contribution in [0.2, 0.25) is 0 Å². The van der Waals surface area contributed by atoms with Gasteiger partial charge in [-0.1, -0.05) is 83.1 Å². The summed E-state index contributed by atoms with van der Waals surface area (Å²) in [4.78, 5) is 0. The van der Waals surface area contributed by atoms with Crippen LogP contribution in [0, 0.1) is 17.8 Å². The van der Waals surface area contributed by atoms with Gasteiger partial charge in [-0.2, -0.15) is 0 Å². The summed E-state index contributed by atoms with van der Waals surface area (Å²) in [6, 6.07) is 0. The Morgan fingerprint density at radius 3 is 2.52 bits per heavy atom. The fourth-order valence-corrected chi connectivity index (χ4v) is 3.81. The van der Waals surface area contributed by atoms with Crippen LogP contribution in [0.4, 0.5) is 0 Å². The molecular formula is C23H42O2. The number of aliphatic hydroxyl groups is 2. The molecule has 25 heavy (non-hydrogen) atoms. The van der Waals surface area contributed by atoms with Crippen LogP contribution in [-0.2, 0) is 0 Å². The van der Waals surface area contributed by atoms with Gasteiger partial charge in [-0.25, -0.2) is 0 Å². The maximum Gasteiger partial charge on any atom is 0.0600 e. The van der Waals surface area contributed by atoms with E-state index >= 15 is 0 Å². The summed E-state index contributed by atoms with van der Waals surface area (Å²) in [5, 5.41) is 19.0. The van der Waals surface area contributed by atoms with E-state index in [4.69, 9.17) is 5.11 Å². The first-order valence-electron chi connectivity index (χ1n) is 10.8. The Kier molecular flexibility index (Phi) is 13.1. The van der Waals surface area contributed by atoms with E-state index in [-0.39, 0.29) is 6.10 Å². The first kappa shape index (κ1) is 22.4.